The van der Waals surface area contributed by atoms with E-state index in [4.69, 9.17) is 30.3 Å². The Morgan fingerprint density at radius 3 is 1.36 bits per heavy atom. The smallest absolute Gasteiger partial charge is 0.616 e. The summed E-state index contributed by atoms with van der Waals surface area (Å²) in [7, 11) is -0.417. The minimum atomic E-state index is -0.665. The molecule has 0 spiro atoms. The Morgan fingerprint density at radius 1 is 0.455 bits per heavy atom. The van der Waals surface area contributed by atoms with E-state index in [1.165, 1.54) is 33.4 Å². The number of anilines is 6. The number of aliphatic hydroxyl groups excluding tert-OH is 2. The molecule has 14 rings (SSSR count). The van der Waals surface area contributed by atoms with Crippen LogP contribution in [0.2, 0.25) is 0 Å². The van der Waals surface area contributed by atoms with Crippen LogP contribution in [0.5, 0.6) is 11.5 Å². The molecular formula is C87H79AlIrN5O4P-. The van der Waals surface area contributed by atoms with Gasteiger partial charge in [-0.25, -0.2) is 4.98 Å². The van der Waals surface area contributed by atoms with Crippen molar-refractivity contribution in [3.63, 3.8) is 0 Å². The first-order chi connectivity index (χ1) is 48.9. The van der Waals surface area contributed by atoms with E-state index in [2.05, 4.69) is 235 Å². The zero-order chi connectivity index (χ0) is 69.8. The summed E-state index contributed by atoms with van der Waals surface area (Å²) in [6.45, 7) is 9.57. The van der Waals surface area contributed by atoms with Crippen molar-refractivity contribution in [3.05, 3.63) is 357 Å². The van der Waals surface area contributed by atoms with Gasteiger partial charge in [-0.2, -0.15) is 9.79 Å². The predicted octanol–water partition coefficient (Wildman–Crippen LogP) is 21.6. The van der Waals surface area contributed by atoms with Gasteiger partial charge in [0.25, 0.3) is 0 Å². The summed E-state index contributed by atoms with van der Waals surface area (Å²) >= 11 is -0.665. The van der Waals surface area contributed by atoms with E-state index in [0.717, 1.165) is 96.0 Å². The Bertz CT molecular complexity index is 4620. The van der Waals surface area contributed by atoms with E-state index in [9.17, 15) is 0 Å². The quantitative estimate of drug-likeness (QED) is 0.0524. The van der Waals surface area contributed by atoms with Gasteiger partial charge in [0.15, 0.2) is 0 Å². The van der Waals surface area contributed by atoms with Gasteiger partial charge in [0.2, 0.25) is 0 Å². The second-order valence-electron chi connectivity index (χ2n) is 23.5. The van der Waals surface area contributed by atoms with Crippen LogP contribution in [0.1, 0.15) is 37.1 Å². The average Bonchev–Trinajstić information content (AvgIpc) is 0.817. The molecule has 0 saturated carbocycles. The Kier molecular flexibility index (Phi) is 26.2. The number of para-hydroxylation sites is 3. The number of hydrogen-bond acceptors (Lipinski definition) is 9. The second-order valence-corrected chi connectivity index (χ2v) is 24.2. The number of rotatable bonds is 17. The van der Waals surface area contributed by atoms with Crippen molar-refractivity contribution >= 4 is 70.7 Å². The number of nitrogens with zero attached hydrogens (tertiary/aromatic N) is 5. The van der Waals surface area contributed by atoms with E-state index in [0.29, 0.717) is 6.42 Å². The zero-order valence-corrected chi connectivity index (χ0v) is 60.5. The van der Waals surface area contributed by atoms with Gasteiger partial charge in [-0.3, -0.25) is 4.98 Å². The van der Waals surface area contributed by atoms with E-state index in [1.807, 2.05) is 141 Å². The van der Waals surface area contributed by atoms with Gasteiger partial charge >= 0.3 is 15.9 Å². The van der Waals surface area contributed by atoms with Crippen molar-refractivity contribution < 1.29 is 37.9 Å². The SMILES string of the molecule is CC(O)CC(C)O.Cc1ccc2cccc([O][Al][O]c3ccc(-c4ccccc4)cc3)c2n1.Cc1cccc(N(c2ccccc2)c2ccc(-c3ccc(N(c4ccccc4)c4cccc(C)c4)cc3)cc2)c1.[2H]P[3H].[Ir].[c-]1ccccc1-c1ncc(-c2ccccc2)nc1-c1ccccc1. The van der Waals surface area contributed by atoms with Crippen LogP contribution in [-0.2, 0) is 20.1 Å². The molecule has 12 heteroatoms. The fourth-order valence-electron chi connectivity index (χ4n) is 11.2. The summed E-state index contributed by atoms with van der Waals surface area (Å²) in [5.41, 5.74) is 21.6. The molecule has 3 unspecified atom stereocenters. The Balaban J connectivity index is 0.000000170. The molecule has 0 amide bonds. The largest absolute Gasteiger partial charge is 0.881 e. The fourth-order valence-corrected chi connectivity index (χ4v) is 11.8. The van der Waals surface area contributed by atoms with Crippen LogP contribution in [0.3, 0.4) is 0 Å². The molecule has 3 atom stereocenters. The number of aromatic nitrogens is 3. The molecule has 0 aliphatic carbocycles. The minimum Gasteiger partial charge on any atom is -0.616 e. The molecule has 12 aromatic carbocycles. The zero-order valence-electron chi connectivity index (χ0n) is 58.0. The molecule has 14 aromatic rings. The summed E-state index contributed by atoms with van der Waals surface area (Å²) in [6.07, 6.45) is 1.55. The van der Waals surface area contributed by atoms with Crippen LogP contribution in [0, 0.1) is 26.8 Å². The fraction of sp³-hybridized carbons (Fsp3) is 0.0920. The van der Waals surface area contributed by atoms with Gasteiger partial charge in [-0.1, -0.05) is 206 Å². The number of benzene rings is 12. The summed E-state index contributed by atoms with van der Waals surface area (Å²) in [5, 5.41) is 18.2. The first kappa shape index (κ1) is 70.2. The van der Waals surface area contributed by atoms with Gasteiger partial charge in [0.1, 0.15) is 11.3 Å². The van der Waals surface area contributed by atoms with Crippen molar-refractivity contribution in [1.29, 1.82) is 2.56 Å². The molecule has 9 nitrogen and oxygen atoms in total. The van der Waals surface area contributed by atoms with Crippen molar-refractivity contribution in [2.24, 2.45) is 0 Å². The molecule has 0 saturated heterocycles. The molecule has 0 fully saturated rings. The maximum Gasteiger partial charge on any atom is 0.881 e. The Hall–Kier alpha value is -10.1. The van der Waals surface area contributed by atoms with Crippen molar-refractivity contribution in [2.45, 2.75) is 53.2 Å². The van der Waals surface area contributed by atoms with Crippen molar-refractivity contribution in [1.82, 2.24) is 15.0 Å². The van der Waals surface area contributed by atoms with Crippen LogP contribution < -0.4 is 17.4 Å². The molecule has 2 aromatic heterocycles. The number of fused-ring (bicyclic) bond motifs is 1. The molecule has 2 heterocycles. The van der Waals surface area contributed by atoms with E-state index in [-0.39, 0.29) is 32.3 Å². The van der Waals surface area contributed by atoms with Gasteiger partial charge in [0.05, 0.1) is 31.9 Å². The van der Waals surface area contributed by atoms with E-state index in [1.54, 1.807) is 13.8 Å². The van der Waals surface area contributed by atoms with E-state index >= 15 is 0 Å². The maximum absolute atomic E-state index is 8.56. The van der Waals surface area contributed by atoms with Gasteiger partial charge in [0, 0.05) is 82.8 Å². The third-order valence-electron chi connectivity index (χ3n) is 15.8. The van der Waals surface area contributed by atoms with Crippen LogP contribution in [0.15, 0.2) is 334 Å². The summed E-state index contributed by atoms with van der Waals surface area (Å²) < 4.78 is 23.5. The first-order valence-electron chi connectivity index (χ1n) is 33.5. The number of hydrogen-bond donors (Lipinski definition) is 2. The third kappa shape index (κ3) is 20.5. The Morgan fingerprint density at radius 2 is 0.889 bits per heavy atom. The van der Waals surface area contributed by atoms with Crippen LogP contribution in [-0.4, -0.2) is 55.8 Å². The first-order valence-corrected chi connectivity index (χ1v) is 33.5. The predicted molar refractivity (Wildman–Crippen MR) is 412 cm³/mol. The van der Waals surface area contributed by atoms with Crippen LogP contribution in [0.25, 0.3) is 66.9 Å². The normalized spacial score (nSPS) is 11.3. The molecule has 2 N–H and O–H groups in total. The number of aliphatic hydroxyl groups is 2. The monoisotopic (exact) mass is 1510 g/mol. The molecule has 494 valence electrons. The van der Waals surface area contributed by atoms with Crippen molar-refractivity contribution in [2.75, 3.05) is 9.80 Å². The van der Waals surface area contributed by atoms with Gasteiger partial charge < -0.3 is 32.6 Å². The molecule has 99 heavy (non-hydrogen) atoms. The van der Waals surface area contributed by atoms with Gasteiger partial charge in [-0.05, 0) is 177 Å². The molecule has 0 bridgehead atoms. The summed E-state index contributed by atoms with van der Waals surface area (Å²) in [6, 6.07) is 116. The van der Waals surface area contributed by atoms with Crippen molar-refractivity contribution in [3.8, 4) is 67.5 Å². The average molecular weight is 1510 g/mol. The number of pyridine rings is 1. The summed E-state index contributed by atoms with van der Waals surface area (Å²) in [4.78, 5) is 18.8. The molecular weight excluding hydrogens is 1430 g/mol. The third-order valence-corrected chi connectivity index (χ3v) is 16.5. The van der Waals surface area contributed by atoms with Crippen LogP contribution >= 0.6 is 9.79 Å². The molecule has 2 radical (unpaired) electrons. The van der Waals surface area contributed by atoms with Gasteiger partial charge in [-0.15, -0.1) is 35.9 Å². The topological polar surface area (TPSA) is 104 Å². The second kappa shape index (κ2) is 37.0. The van der Waals surface area contributed by atoms with Crippen LogP contribution in [0.4, 0.5) is 34.1 Å². The molecule has 0 aliphatic rings. The standard InChI is InChI=1S/C38H32N2.C22H15N2.C12H10O.C10H9NO.C5H12O2.Al.Ir.H3P/c1-29-11-9-17-37(27-29)39(33-13-5-3-6-14-33)35-23-19-31(20-24-35)32-21-25-36(26-22-32)40(34-15-7-4-8-16-34)38-18-10-12-30(2)28-38;1-4-10-17(11-5-1)20-16-23-21(18-12-6-2-7-13-18)22(24-20)19-14-8-3-9-15-19;13-12-8-6-11(7-9-12)10-4-2-1-3-5-10;1-7-5-6-8-3-2-4-9(12)10(8)11-7;1-4(6)3-5(2)7;;;/h3-28H,1-2H3;1-12,14-16H;1-9,13H;2-6,12H,1H3;4-7H,3H2,1-2H3;;;1H3/q;-1;;;;+2;;/p-2/i;;;;;;;1TD. The minimum absolute atomic E-state index is 0. The maximum atomic E-state index is 8.56. The molecule has 0 aliphatic heterocycles. The van der Waals surface area contributed by atoms with E-state index < -0.39 is 25.7 Å². The summed E-state index contributed by atoms with van der Waals surface area (Å²) in [5.74, 6) is 1.58. The number of aryl methyl sites for hydroxylation is 3. The Labute approximate surface area is 609 Å².